The number of methoxy groups -OCH3 is 2. The quantitative estimate of drug-likeness (QED) is 0.278. The van der Waals surface area contributed by atoms with E-state index in [0.717, 1.165) is 11.4 Å². The van der Waals surface area contributed by atoms with Crippen molar-refractivity contribution in [3.63, 3.8) is 0 Å². The van der Waals surface area contributed by atoms with Crippen molar-refractivity contribution < 1.29 is 23.6 Å². The minimum Gasteiger partial charge on any atom is -0.493 e. The summed E-state index contributed by atoms with van der Waals surface area (Å²) in [6, 6.07) is 21.3. The maximum atomic E-state index is 13.3. The number of hydrogen-bond donors (Lipinski definition) is 2. The van der Waals surface area contributed by atoms with E-state index >= 15 is 0 Å². The predicted octanol–water partition coefficient (Wildman–Crippen LogP) is 5.18. The minimum atomic E-state index is -0.631. The topological polar surface area (TPSA) is 134 Å². The lowest BCUT2D eigenvalue weighted by Crippen LogP contribution is -2.14. The highest BCUT2D eigenvalue weighted by molar-refractivity contribution is 6.09. The number of ether oxygens (including phenoxy) is 2. The molecule has 40 heavy (non-hydrogen) atoms. The fraction of sp³-hybridized carbons (Fsp3) is 0.133. The Kier molecular flexibility index (Phi) is 7.07. The maximum absolute atomic E-state index is 13.3. The van der Waals surface area contributed by atoms with Crippen molar-refractivity contribution in [1.82, 2.24) is 14.9 Å². The van der Waals surface area contributed by atoms with Crippen molar-refractivity contribution in [1.29, 1.82) is 0 Å². The first kappa shape index (κ1) is 26.2. The van der Waals surface area contributed by atoms with Gasteiger partial charge in [0.1, 0.15) is 5.69 Å². The molecule has 0 bridgehead atoms. The Morgan fingerprint density at radius 3 is 2.30 bits per heavy atom. The highest BCUT2D eigenvalue weighted by Gasteiger charge is 2.28. The standard InChI is InChI=1S/C30H27N5O5/c1-17-25(18(2)35(33-17)20-10-6-5-7-11-20)27-26(21-12-8-9-13-22(21)28(31)36)30(40-34-27)32-29(37)19-14-15-23(38-3)24(16-19)39-4/h5-16H,1-4H3,(H2,31,36)(H,32,37). The second-order valence-corrected chi connectivity index (χ2v) is 8.96. The number of amides is 2. The third-order valence-corrected chi connectivity index (χ3v) is 6.56. The molecule has 3 N–H and O–H groups in total. The monoisotopic (exact) mass is 537 g/mol. The Morgan fingerprint density at radius 2 is 1.60 bits per heavy atom. The van der Waals surface area contributed by atoms with Gasteiger partial charge in [0.2, 0.25) is 11.8 Å². The Balaban J connectivity index is 1.66. The average Bonchev–Trinajstić information content (AvgIpc) is 3.51. The van der Waals surface area contributed by atoms with Crippen LogP contribution in [0.3, 0.4) is 0 Å². The molecule has 5 aromatic rings. The first-order valence-electron chi connectivity index (χ1n) is 12.4. The molecule has 2 amide bonds. The summed E-state index contributed by atoms with van der Waals surface area (Å²) in [4.78, 5) is 25.8. The van der Waals surface area contributed by atoms with Gasteiger partial charge in [0.15, 0.2) is 11.5 Å². The normalized spacial score (nSPS) is 10.8. The lowest BCUT2D eigenvalue weighted by atomic mass is 9.95. The number of aryl methyl sites for hydroxylation is 1. The molecule has 5 rings (SSSR count). The van der Waals surface area contributed by atoms with E-state index in [1.54, 1.807) is 42.5 Å². The molecular weight excluding hydrogens is 510 g/mol. The first-order chi connectivity index (χ1) is 19.3. The SMILES string of the molecule is COc1ccc(C(=O)Nc2onc(-c3c(C)nn(-c4ccccc4)c3C)c2-c2ccccc2C(N)=O)cc1OC. The van der Waals surface area contributed by atoms with Gasteiger partial charge in [-0.1, -0.05) is 41.6 Å². The molecule has 0 aliphatic heterocycles. The van der Waals surface area contributed by atoms with Gasteiger partial charge in [-0.15, -0.1) is 0 Å². The summed E-state index contributed by atoms with van der Waals surface area (Å²) in [5.74, 6) is -0.177. The minimum absolute atomic E-state index is 0.0507. The molecule has 2 heterocycles. The molecule has 0 saturated heterocycles. The van der Waals surface area contributed by atoms with Crippen LogP contribution in [0.5, 0.6) is 11.5 Å². The fourth-order valence-electron chi connectivity index (χ4n) is 4.67. The van der Waals surface area contributed by atoms with E-state index in [2.05, 4.69) is 10.5 Å². The van der Waals surface area contributed by atoms with Gasteiger partial charge < -0.3 is 19.7 Å². The number of aromatic nitrogens is 3. The Bertz CT molecular complexity index is 1720. The molecule has 0 spiro atoms. The van der Waals surface area contributed by atoms with Crippen LogP contribution in [0.25, 0.3) is 28.1 Å². The van der Waals surface area contributed by atoms with Crippen LogP contribution in [-0.4, -0.2) is 41.0 Å². The van der Waals surface area contributed by atoms with E-state index < -0.39 is 11.8 Å². The molecule has 10 heteroatoms. The molecule has 0 atom stereocenters. The van der Waals surface area contributed by atoms with Gasteiger partial charge in [-0.2, -0.15) is 5.10 Å². The van der Waals surface area contributed by atoms with E-state index in [4.69, 9.17) is 24.8 Å². The van der Waals surface area contributed by atoms with E-state index in [-0.39, 0.29) is 11.4 Å². The second-order valence-electron chi connectivity index (χ2n) is 8.96. The van der Waals surface area contributed by atoms with Gasteiger partial charge in [-0.3, -0.25) is 14.9 Å². The largest absolute Gasteiger partial charge is 0.493 e. The van der Waals surface area contributed by atoms with Gasteiger partial charge in [-0.25, -0.2) is 4.68 Å². The number of nitrogens with zero attached hydrogens (tertiary/aromatic N) is 3. The maximum Gasteiger partial charge on any atom is 0.258 e. The molecule has 10 nitrogen and oxygen atoms in total. The molecule has 0 unspecified atom stereocenters. The average molecular weight is 538 g/mol. The Hall–Kier alpha value is -5.38. The summed E-state index contributed by atoms with van der Waals surface area (Å²) in [5.41, 5.74) is 10.6. The number of benzene rings is 3. The fourth-order valence-corrected chi connectivity index (χ4v) is 4.67. The summed E-state index contributed by atoms with van der Waals surface area (Å²) in [7, 11) is 3.00. The van der Waals surface area contributed by atoms with Crippen LogP contribution < -0.4 is 20.5 Å². The van der Waals surface area contributed by atoms with Crippen LogP contribution in [0.4, 0.5) is 5.88 Å². The van der Waals surface area contributed by atoms with E-state index in [1.165, 1.54) is 14.2 Å². The van der Waals surface area contributed by atoms with Gasteiger partial charge in [0, 0.05) is 22.3 Å². The van der Waals surface area contributed by atoms with Gasteiger partial charge in [-0.05, 0) is 50.2 Å². The van der Waals surface area contributed by atoms with Crippen molar-refractivity contribution in [3.8, 4) is 39.6 Å². The van der Waals surface area contributed by atoms with Crippen molar-refractivity contribution in [3.05, 3.63) is 95.3 Å². The van der Waals surface area contributed by atoms with E-state index in [9.17, 15) is 9.59 Å². The Morgan fingerprint density at radius 1 is 0.900 bits per heavy atom. The molecular formula is C30H27N5O5. The summed E-state index contributed by atoms with van der Waals surface area (Å²) >= 11 is 0. The molecule has 0 fully saturated rings. The molecule has 0 radical (unpaired) electrons. The zero-order valence-electron chi connectivity index (χ0n) is 22.4. The van der Waals surface area contributed by atoms with E-state index in [1.807, 2.05) is 48.9 Å². The number of carbonyl (C=O) groups excluding carboxylic acids is 2. The number of carbonyl (C=O) groups is 2. The number of primary amides is 1. The Labute approximate surface area is 230 Å². The number of para-hydroxylation sites is 1. The molecule has 0 aliphatic rings. The number of nitrogens with one attached hydrogen (secondary N) is 1. The van der Waals surface area contributed by atoms with Gasteiger partial charge in [0.05, 0.1) is 36.9 Å². The zero-order valence-corrected chi connectivity index (χ0v) is 22.4. The van der Waals surface area contributed by atoms with Crippen LogP contribution in [0.15, 0.2) is 77.3 Å². The number of nitrogens with two attached hydrogens (primary N) is 1. The molecule has 3 aromatic carbocycles. The third kappa shape index (κ3) is 4.66. The molecule has 2 aromatic heterocycles. The second kappa shape index (κ2) is 10.8. The molecule has 202 valence electrons. The highest BCUT2D eigenvalue weighted by Crippen LogP contribution is 2.42. The third-order valence-electron chi connectivity index (χ3n) is 6.56. The summed E-state index contributed by atoms with van der Waals surface area (Å²) < 4.78 is 18.2. The van der Waals surface area contributed by atoms with Gasteiger partial charge >= 0.3 is 0 Å². The summed E-state index contributed by atoms with van der Waals surface area (Å²) in [6.45, 7) is 3.78. The smallest absolute Gasteiger partial charge is 0.258 e. The predicted molar refractivity (Wildman–Crippen MR) is 150 cm³/mol. The van der Waals surface area contributed by atoms with Crippen molar-refractivity contribution in [2.75, 3.05) is 19.5 Å². The van der Waals surface area contributed by atoms with Crippen molar-refractivity contribution >= 4 is 17.7 Å². The zero-order chi connectivity index (χ0) is 28.4. The lowest BCUT2D eigenvalue weighted by molar-refractivity contribution is 0.0998. The van der Waals surface area contributed by atoms with Crippen molar-refractivity contribution in [2.24, 2.45) is 5.73 Å². The van der Waals surface area contributed by atoms with E-state index in [0.29, 0.717) is 45.1 Å². The van der Waals surface area contributed by atoms with Crippen LogP contribution >= 0.6 is 0 Å². The first-order valence-corrected chi connectivity index (χ1v) is 12.4. The van der Waals surface area contributed by atoms with Crippen LogP contribution in [0.1, 0.15) is 32.1 Å². The highest BCUT2D eigenvalue weighted by atomic mass is 16.5. The number of rotatable bonds is 8. The molecule has 0 saturated carbocycles. The lowest BCUT2D eigenvalue weighted by Gasteiger charge is -2.11. The van der Waals surface area contributed by atoms with Gasteiger partial charge in [0.25, 0.3) is 5.91 Å². The van der Waals surface area contributed by atoms with Crippen LogP contribution in [0, 0.1) is 13.8 Å². The number of anilines is 1. The summed E-state index contributed by atoms with van der Waals surface area (Å²) in [6.07, 6.45) is 0. The van der Waals surface area contributed by atoms with Crippen molar-refractivity contribution in [2.45, 2.75) is 13.8 Å². The number of hydrogen-bond acceptors (Lipinski definition) is 7. The molecule has 0 aliphatic carbocycles. The van der Waals surface area contributed by atoms with Crippen LogP contribution in [0.2, 0.25) is 0 Å². The van der Waals surface area contributed by atoms with Crippen LogP contribution in [-0.2, 0) is 0 Å². The summed E-state index contributed by atoms with van der Waals surface area (Å²) in [5, 5.41) is 11.9.